The van der Waals surface area contributed by atoms with Crippen molar-refractivity contribution in [2.24, 2.45) is 0 Å². The summed E-state index contributed by atoms with van der Waals surface area (Å²) in [6.45, 7) is 4.51. The maximum absolute atomic E-state index is 3.96. The van der Waals surface area contributed by atoms with Crippen LogP contribution in [0, 0.1) is 0 Å². The molecule has 1 unspecified atom stereocenters. The average Bonchev–Trinajstić information content (AvgIpc) is 1.83. The topological polar surface area (TPSA) is 0 Å². The Bertz CT molecular complexity index is 59.4. The second-order valence-corrected chi connectivity index (χ2v) is 3.61. The molecule has 0 heterocycles. The maximum atomic E-state index is 3.96. The molecule has 0 spiro atoms. The largest absolute Gasteiger partial charge is 0.121 e. The van der Waals surface area contributed by atoms with Crippen LogP contribution < -0.4 is 0 Å². The van der Waals surface area contributed by atoms with E-state index in [1.807, 2.05) is 0 Å². The first-order valence-corrected chi connectivity index (χ1v) is 4.96. The van der Waals surface area contributed by atoms with Crippen LogP contribution in [0.4, 0.5) is 0 Å². The Labute approximate surface area is 54.7 Å². The van der Waals surface area contributed by atoms with E-state index in [4.69, 9.17) is 0 Å². The molecule has 0 amide bonds. The van der Waals surface area contributed by atoms with Crippen molar-refractivity contribution in [2.45, 2.75) is 38.7 Å². The summed E-state index contributed by atoms with van der Waals surface area (Å²) in [7, 11) is 0.486. The quantitative estimate of drug-likeness (QED) is 0.507. The number of hydrogen-bond acceptors (Lipinski definition) is 0. The van der Waals surface area contributed by atoms with Crippen molar-refractivity contribution in [3.05, 3.63) is 0 Å². The third kappa shape index (κ3) is 3.14. The summed E-state index contributed by atoms with van der Waals surface area (Å²) in [6, 6.07) is 0. The van der Waals surface area contributed by atoms with Crippen LogP contribution in [-0.4, -0.2) is 15.3 Å². The zero-order chi connectivity index (χ0) is 6.41. The van der Waals surface area contributed by atoms with Gasteiger partial charge in [-0.1, -0.05) is 33.1 Å². The van der Waals surface area contributed by atoms with E-state index in [1.165, 1.54) is 19.3 Å². The molecule has 0 aromatic rings. The molecule has 0 aromatic heterocycles. The maximum Gasteiger partial charge on any atom is -0.0120 e. The molecule has 1 atom stereocenters. The highest BCUT2D eigenvalue weighted by Crippen LogP contribution is 2.12. The smallest absolute Gasteiger partial charge is 0.0120 e. The summed E-state index contributed by atoms with van der Waals surface area (Å²) in [5, 5.41) is 0. The molecule has 0 aliphatic carbocycles. The van der Waals surface area contributed by atoms with Gasteiger partial charge in [0.15, 0.2) is 0 Å². The van der Waals surface area contributed by atoms with Crippen molar-refractivity contribution in [1.82, 2.24) is 0 Å². The van der Waals surface area contributed by atoms with E-state index in [-0.39, 0.29) is 0 Å². The first-order chi connectivity index (χ1) is 3.85. The Hall–Kier alpha value is 0.0869. The van der Waals surface area contributed by atoms with Gasteiger partial charge in [-0.2, -0.15) is 0 Å². The highest BCUT2D eigenvalue weighted by Gasteiger charge is 1.96. The summed E-state index contributed by atoms with van der Waals surface area (Å²) >= 11 is 0. The van der Waals surface area contributed by atoms with E-state index in [9.17, 15) is 0 Å². The molecule has 0 rings (SSSR count). The van der Waals surface area contributed by atoms with Gasteiger partial charge in [0.25, 0.3) is 0 Å². The van der Waals surface area contributed by atoms with Gasteiger partial charge >= 0.3 is 0 Å². The molecule has 0 bridgehead atoms. The molecular formula is C7H16Si. The lowest BCUT2D eigenvalue weighted by atomic mass is 10.2. The van der Waals surface area contributed by atoms with Gasteiger partial charge in [0, 0.05) is 0 Å². The molecule has 0 radical (unpaired) electrons. The Morgan fingerprint density at radius 1 is 1.50 bits per heavy atom. The van der Waals surface area contributed by atoms with Crippen LogP contribution in [0.5, 0.6) is 0 Å². The van der Waals surface area contributed by atoms with Gasteiger partial charge < -0.3 is 0 Å². The second-order valence-electron chi connectivity index (χ2n) is 2.19. The van der Waals surface area contributed by atoms with Crippen LogP contribution in [0.15, 0.2) is 0 Å². The molecule has 0 saturated carbocycles. The first-order valence-electron chi connectivity index (χ1n) is 3.47. The minimum atomic E-state index is 0.486. The van der Waals surface area contributed by atoms with Crippen LogP contribution in [-0.2, 0) is 0 Å². The molecule has 0 fully saturated rings. The third-order valence-corrected chi connectivity index (χ3v) is 2.99. The zero-order valence-corrected chi connectivity index (χ0v) is 7.14. The van der Waals surface area contributed by atoms with E-state index in [0.717, 1.165) is 5.54 Å². The summed E-state index contributed by atoms with van der Waals surface area (Å²) in [4.78, 5) is 0. The summed E-state index contributed by atoms with van der Waals surface area (Å²) in [5.41, 5.74) is 0.972. The van der Waals surface area contributed by atoms with Crippen molar-refractivity contribution in [3.63, 3.8) is 0 Å². The van der Waals surface area contributed by atoms with Gasteiger partial charge in [0.05, 0.1) is 0 Å². The lowest BCUT2D eigenvalue weighted by Gasteiger charge is -2.04. The molecule has 0 N–H and O–H groups in total. The summed E-state index contributed by atoms with van der Waals surface area (Å²) in [5.74, 6) is 0. The molecule has 0 saturated heterocycles. The van der Waals surface area contributed by atoms with Gasteiger partial charge in [0.2, 0.25) is 0 Å². The molecule has 0 aromatic carbocycles. The van der Waals surface area contributed by atoms with Crippen LogP contribution in [0.1, 0.15) is 33.1 Å². The second kappa shape index (κ2) is 5.23. The molecule has 0 aliphatic rings. The van der Waals surface area contributed by atoms with E-state index in [1.54, 1.807) is 0 Å². The lowest BCUT2D eigenvalue weighted by Crippen LogP contribution is -1.92. The minimum Gasteiger partial charge on any atom is -0.121 e. The van der Waals surface area contributed by atoms with Crippen LogP contribution in [0.2, 0.25) is 5.54 Å². The highest BCUT2D eigenvalue weighted by molar-refractivity contribution is 6.42. The summed E-state index contributed by atoms with van der Waals surface area (Å²) < 4.78 is 0. The van der Waals surface area contributed by atoms with E-state index in [2.05, 4.69) is 20.0 Å². The third-order valence-electron chi connectivity index (χ3n) is 1.52. The number of rotatable bonds is 4. The Morgan fingerprint density at radius 3 is 2.25 bits per heavy atom. The van der Waals surface area contributed by atoms with Crippen molar-refractivity contribution >= 4 is 15.3 Å². The molecule has 0 nitrogen and oxygen atoms in total. The predicted octanol–water partition coefficient (Wildman–Crippen LogP) is 1.85. The van der Waals surface area contributed by atoms with Crippen LogP contribution >= 0.6 is 0 Å². The molecular weight excluding hydrogens is 112 g/mol. The van der Waals surface area contributed by atoms with Gasteiger partial charge in [-0.05, 0) is 14.7 Å². The first kappa shape index (κ1) is 8.09. The average molecular weight is 128 g/mol. The molecule has 0 aliphatic heterocycles. The molecule has 48 valence electrons. The zero-order valence-electron chi connectivity index (χ0n) is 5.98. The van der Waals surface area contributed by atoms with Gasteiger partial charge in [-0.3, -0.25) is 0 Å². The highest BCUT2D eigenvalue weighted by atomic mass is 28.2. The van der Waals surface area contributed by atoms with Crippen molar-refractivity contribution in [2.75, 3.05) is 0 Å². The monoisotopic (exact) mass is 128 g/mol. The van der Waals surface area contributed by atoms with Crippen molar-refractivity contribution in [1.29, 1.82) is 0 Å². The Morgan fingerprint density at radius 2 is 2.12 bits per heavy atom. The Kier molecular flexibility index (Phi) is 5.28. The fraction of sp³-hybridized carbons (Fsp3) is 0.857. The van der Waals surface area contributed by atoms with E-state index < -0.39 is 0 Å². The van der Waals surface area contributed by atoms with Crippen molar-refractivity contribution < 1.29 is 0 Å². The van der Waals surface area contributed by atoms with E-state index >= 15 is 0 Å². The molecule has 1 heteroatoms. The minimum absolute atomic E-state index is 0.486. The Balaban J connectivity index is 3.21. The van der Waals surface area contributed by atoms with Crippen LogP contribution in [0.3, 0.4) is 0 Å². The fourth-order valence-electron chi connectivity index (χ4n) is 0.859. The fourth-order valence-corrected chi connectivity index (χ4v) is 1.76. The van der Waals surface area contributed by atoms with E-state index in [0.29, 0.717) is 9.13 Å². The lowest BCUT2D eigenvalue weighted by molar-refractivity contribution is 0.699. The normalized spacial score (nSPS) is 13.2. The standard InChI is InChI=1S/C7H16Si/c1-4-6-7(5-2)8-3/h7-8H,3-6H2,1-2H3. The van der Waals surface area contributed by atoms with Gasteiger partial charge in [-0.25, -0.2) is 0 Å². The van der Waals surface area contributed by atoms with Crippen LogP contribution in [0.25, 0.3) is 0 Å². The van der Waals surface area contributed by atoms with Gasteiger partial charge in [0.1, 0.15) is 0 Å². The summed E-state index contributed by atoms with van der Waals surface area (Å²) in [6.07, 6.45) is 8.03. The SMILES string of the molecule is C=[SiH]C(CC)CCC. The number of hydrogen-bond donors (Lipinski definition) is 0. The predicted molar refractivity (Wildman–Crippen MR) is 43.2 cm³/mol. The van der Waals surface area contributed by atoms with Gasteiger partial charge in [-0.15, -0.1) is 6.17 Å². The van der Waals surface area contributed by atoms with Crippen molar-refractivity contribution in [3.8, 4) is 0 Å². The molecule has 8 heavy (non-hydrogen) atoms.